The van der Waals surface area contributed by atoms with Crippen molar-refractivity contribution in [3.8, 4) is 22.8 Å². The Morgan fingerprint density at radius 2 is 1.74 bits per heavy atom. The highest BCUT2D eigenvalue weighted by molar-refractivity contribution is 6.38. The van der Waals surface area contributed by atoms with Gasteiger partial charge in [-0.1, -0.05) is 23.2 Å². The fourth-order valence-corrected chi connectivity index (χ4v) is 5.51. The molecule has 3 N–H and O–H groups in total. The second-order valence-electron chi connectivity index (χ2n) is 9.29. The zero-order chi connectivity index (χ0) is 25.3. The average Bonchev–Trinajstić information content (AvgIpc) is 3.26. The molecule has 0 saturated carbocycles. The zero-order valence-electron chi connectivity index (χ0n) is 20.9. The van der Waals surface area contributed by atoms with Gasteiger partial charge in [0, 0.05) is 60.0 Å². The molecule has 0 fully saturated rings. The molecule has 0 saturated heterocycles. The predicted octanol–water partition coefficient (Wildman–Crippen LogP) is 5.25. The summed E-state index contributed by atoms with van der Waals surface area (Å²) in [5.41, 5.74) is 13.2. The highest BCUT2D eigenvalue weighted by atomic mass is 35.5. The number of nitrogens with zero attached hydrogens (tertiary/aromatic N) is 3. The highest BCUT2D eigenvalue weighted by Crippen LogP contribution is 2.48. The van der Waals surface area contributed by atoms with Crippen molar-refractivity contribution in [2.24, 2.45) is 0 Å². The predicted molar refractivity (Wildman–Crippen MR) is 145 cm³/mol. The van der Waals surface area contributed by atoms with Crippen LogP contribution in [0.15, 0.2) is 24.3 Å². The summed E-state index contributed by atoms with van der Waals surface area (Å²) in [7, 11) is 9.43. The molecule has 2 aromatic carbocycles. The third kappa shape index (κ3) is 5.03. The summed E-state index contributed by atoms with van der Waals surface area (Å²) >= 11 is 13.4. The number of nitrogens with one attached hydrogen (secondary N) is 1. The number of hydrogen-bond donors (Lipinski definition) is 2. The Bertz CT molecular complexity index is 1180. The molecule has 7 nitrogen and oxygen atoms in total. The summed E-state index contributed by atoms with van der Waals surface area (Å²) < 4.78 is 10.9. The van der Waals surface area contributed by atoms with Gasteiger partial charge in [0.15, 0.2) is 0 Å². The third-order valence-electron chi connectivity index (χ3n) is 6.78. The van der Waals surface area contributed by atoms with Crippen molar-refractivity contribution in [3.63, 3.8) is 0 Å². The fourth-order valence-electron chi connectivity index (χ4n) is 4.70. The standard InChI is InChI=1S/C26H33Cl2N5O2/c1-32(2)10-11-33(3)16-7-9-19(29)18(13-16)26-17-8-6-15(12-20(17)30-31-26)23-24(27)21(34-4)14-22(35-5)25(23)28/h7,9,13-15H,6,8,10-12,29H2,1-5H3,(H,30,31). The average molecular weight is 518 g/mol. The summed E-state index contributed by atoms with van der Waals surface area (Å²) in [5.74, 6) is 1.23. The first-order valence-corrected chi connectivity index (χ1v) is 12.4. The van der Waals surface area contributed by atoms with Gasteiger partial charge in [-0.25, -0.2) is 0 Å². The number of H-pyrrole nitrogens is 1. The van der Waals surface area contributed by atoms with E-state index in [0.29, 0.717) is 21.5 Å². The van der Waals surface area contributed by atoms with Crippen LogP contribution in [0.25, 0.3) is 11.3 Å². The second kappa shape index (κ2) is 10.6. The van der Waals surface area contributed by atoms with Gasteiger partial charge in [0.2, 0.25) is 0 Å². The van der Waals surface area contributed by atoms with Gasteiger partial charge in [-0.05, 0) is 57.5 Å². The molecular formula is C26H33Cl2N5O2. The van der Waals surface area contributed by atoms with Crippen molar-refractivity contribution in [2.75, 3.05) is 59.1 Å². The molecule has 0 spiro atoms. The molecule has 0 radical (unpaired) electrons. The molecule has 0 aliphatic heterocycles. The Morgan fingerprint density at radius 1 is 1.06 bits per heavy atom. The van der Waals surface area contributed by atoms with Crippen LogP contribution in [0.1, 0.15) is 29.2 Å². The Balaban J connectivity index is 1.65. The number of fused-ring (bicyclic) bond motifs is 1. The lowest BCUT2D eigenvalue weighted by Gasteiger charge is -2.26. The van der Waals surface area contributed by atoms with Gasteiger partial charge in [-0.3, -0.25) is 5.10 Å². The van der Waals surface area contributed by atoms with Crippen LogP contribution in [0.3, 0.4) is 0 Å². The van der Waals surface area contributed by atoms with Crippen LogP contribution in [0.5, 0.6) is 11.5 Å². The Morgan fingerprint density at radius 3 is 2.37 bits per heavy atom. The third-order valence-corrected chi connectivity index (χ3v) is 7.56. The van der Waals surface area contributed by atoms with Gasteiger partial charge in [0.1, 0.15) is 11.5 Å². The monoisotopic (exact) mass is 517 g/mol. The van der Waals surface area contributed by atoms with Crippen LogP contribution in [0, 0.1) is 0 Å². The molecule has 9 heteroatoms. The second-order valence-corrected chi connectivity index (χ2v) is 10.0. The quantitative estimate of drug-likeness (QED) is 0.397. The molecule has 0 amide bonds. The van der Waals surface area contributed by atoms with Gasteiger partial charge in [0.25, 0.3) is 0 Å². The number of ether oxygens (including phenoxy) is 2. The van der Waals surface area contributed by atoms with Crippen LogP contribution >= 0.6 is 23.2 Å². The number of benzene rings is 2. The molecule has 35 heavy (non-hydrogen) atoms. The molecule has 3 aromatic rings. The summed E-state index contributed by atoms with van der Waals surface area (Å²) in [6.45, 7) is 1.89. The van der Waals surface area contributed by atoms with E-state index in [-0.39, 0.29) is 5.92 Å². The number of nitrogens with two attached hydrogens (primary N) is 1. The van der Waals surface area contributed by atoms with E-state index in [0.717, 1.165) is 66.2 Å². The molecular weight excluding hydrogens is 485 g/mol. The maximum atomic E-state index is 6.70. The lowest BCUT2D eigenvalue weighted by Crippen LogP contribution is -2.28. The molecule has 4 rings (SSSR count). The van der Waals surface area contributed by atoms with Gasteiger partial charge in [0.05, 0.1) is 30.0 Å². The van der Waals surface area contributed by atoms with E-state index < -0.39 is 0 Å². The molecule has 1 aliphatic carbocycles. The Labute approximate surface area is 217 Å². The van der Waals surface area contributed by atoms with Gasteiger partial charge >= 0.3 is 0 Å². The lowest BCUT2D eigenvalue weighted by molar-refractivity contribution is 0.392. The van der Waals surface area contributed by atoms with Gasteiger partial charge in [-0.15, -0.1) is 0 Å². The number of anilines is 2. The van der Waals surface area contributed by atoms with Gasteiger partial charge in [-0.2, -0.15) is 5.10 Å². The number of rotatable bonds is 8. The largest absolute Gasteiger partial charge is 0.495 e. The first-order chi connectivity index (χ1) is 16.7. The summed E-state index contributed by atoms with van der Waals surface area (Å²) in [5, 5.41) is 9.02. The molecule has 1 heterocycles. The smallest absolute Gasteiger partial charge is 0.141 e. The van der Waals surface area contributed by atoms with E-state index in [4.69, 9.17) is 43.5 Å². The fraction of sp³-hybridized carbons (Fsp3) is 0.423. The Kier molecular flexibility index (Phi) is 7.69. The number of aromatic amines is 1. The normalized spacial score (nSPS) is 15.3. The van der Waals surface area contributed by atoms with Crippen LogP contribution in [0.2, 0.25) is 10.0 Å². The van der Waals surface area contributed by atoms with Crippen molar-refractivity contribution in [1.82, 2.24) is 15.1 Å². The van der Waals surface area contributed by atoms with Crippen molar-refractivity contribution in [2.45, 2.75) is 25.2 Å². The van der Waals surface area contributed by atoms with E-state index in [1.54, 1.807) is 20.3 Å². The minimum absolute atomic E-state index is 0.112. The molecule has 1 aromatic heterocycles. The molecule has 1 aliphatic rings. The number of nitrogen functional groups attached to an aromatic ring is 1. The lowest BCUT2D eigenvalue weighted by atomic mass is 9.81. The Hall–Kier alpha value is -2.61. The van der Waals surface area contributed by atoms with E-state index in [1.807, 2.05) is 6.07 Å². The maximum Gasteiger partial charge on any atom is 0.141 e. The molecule has 0 bridgehead atoms. The van der Waals surface area contributed by atoms with Crippen LogP contribution < -0.4 is 20.1 Å². The topological polar surface area (TPSA) is 79.6 Å². The minimum atomic E-state index is 0.112. The first-order valence-electron chi connectivity index (χ1n) is 11.7. The van der Waals surface area contributed by atoms with Crippen molar-refractivity contribution < 1.29 is 9.47 Å². The number of methoxy groups -OCH3 is 2. The first kappa shape index (κ1) is 25.5. The van der Waals surface area contributed by atoms with Gasteiger partial charge < -0.3 is 25.0 Å². The summed E-state index contributed by atoms with van der Waals surface area (Å²) in [6.07, 6.45) is 2.44. The van der Waals surface area contributed by atoms with Crippen LogP contribution in [0.4, 0.5) is 11.4 Å². The number of halogens is 2. The number of likely N-dealkylation sites (N-methyl/N-ethyl adjacent to an activating group) is 2. The summed E-state index contributed by atoms with van der Waals surface area (Å²) in [4.78, 5) is 4.41. The highest BCUT2D eigenvalue weighted by Gasteiger charge is 2.30. The van der Waals surface area contributed by atoms with E-state index >= 15 is 0 Å². The number of aromatic nitrogens is 2. The summed E-state index contributed by atoms with van der Waals surface area (Å²) in [6, 6.07) is 7.88. The van der Waals surface area contributed by atoms with Crippen molar-refractivity contribution in [3.05, 3.63) is 51.1 Å². The van der Waals surface area contributed by atoms with Crippen molar-refractivity contribution in [1.29, 1.82) is 0 Å². The molecule has 188 valence electrons. The SMILES string of the molecule is COc1cc(OC)c(Cl)c(C2CCc3c(-c4cc(N(C)CCN(C)C)ccc4N)n[nH]c3C2)c1Cl. The number of hydrogen-bond acceptors (Lipinski definition) is 6. The van der Waals surface area contributed by atoms with E-state index in [9.17, 15) is 0 Å². The molecule has 1 unspecified atom stereocenters. The van der Waals surface area contributed by atoms with E-state index in [1.165, 1.54) is 5.56 Å². The van der Waals surface area contributed by atoms with Crippen LogP contribution in [-0.4, -0.2) is 63.5 Å². The maximum absolute atomic E-state index is 6.70. The van der Waals surface area contributed by atoms with E-state index in [2.05, 4.69) is 48.2 Å². The van der Waals surface area contributed by atoms with Crippen molar-refractivity contribution >= 4 is 34.6 Å². The zero-order valence-corrected chi connectivity index (χ0v) is 22.4. The molecule has 1 atom stereocenters. The minimum Gasteiger partial charge on any atom is -0.495 e. The van der Waals surface area contributed by atoms with Crippen LogP contribution in [-0.2, 0) is 12.8 Å².